The second-order valence-corrected chi connectivity index (χ2v) is 5.16. The number of nitrogens with two attached hydrogens (primary N) is 1. The standard InChI is InChI=1S/C13H22N4O/c1-4-12-11(8-16(3)15-12)13(18)17-7-10(6-14)5-9(17)2/h8-10H,4-7,14H2,1-3H3. The minimum Gasteiger partial charge on any atom is -0.335 e. The summed E-state index contributed by atoms with van der Waals surface area (Å²) >= 11 is 0. The predicted molar refractivity (Wildman–Crippen MR) is 70.2 cm³/mol. The summed E-state index contributed by atoms with van der Waals surface area (Å²) in [4.78, 5) is 14.5. The van der Waals surface area contributed by atoms with Crippen LogP contribution >= 0.6 is 0 Å². The average molecular weight is 250 g/mol. The van der Waals surface area contributed by atoms with Crippen molar-refractivity contribution in [1.29, 1.82) is 0 Å². The minimum absolute atomic E-state index is 0.100. The lowest BCUT2D eigenvalue weighted by atomic mass is 10.1. The van der Waals surface area contributed by atoms with Gasteiger partial charge in [-0.3, -0.25) is 9.48 Å². The molecule has 1 aliphatic rings. The molecule has 2 unspecified atom stereocenters. The maximum atomic E-state index is 12.5. The summed E-state index contributed by atoms with van der Waals surface area (Å²) in [5, 5.41) is 4.33. The van der Waals surface area contributed by atoms with Crippen LogP contribution in [-0.2, 0) is 13.5 Å². The molecule has 2 atom stereocenters. The molecular weight excluding hydrogens is 228 g/mol. The summed E-state index contributed by atoms with van der Waals surface area (Å²) in [6, 6.07) is 0.274. The van der Waals surface area contributed by atoms with Crippen LogP contribution in [0, 0.1) is 5.92 Å². The fourth-order valence-electron chi connectivity index (χ4n) is 2.73. The molecule has 1 aromatic heterocycles. The molecule has 0 bridgehead atoms. The molecule has 0 saturated carbocycles. The molecule has 5 heteroatoms. The molecule has 1 aromatic rings. The largest absolute Gasteiger partial charge is 0.335 e. The van der Waals surface area contributed by atoms with Crippen LogP contribution in [0.1, 0.15) is 36.3 Å². The van der Waals surface area contributed by atoms with Gasteiger partial charge in [0.15, 0.2) is 0 Å². The van der Waals surface area contributed by atoms with Gasteiger partial charge in [0, 0.05) is 25.8 Å². The maximum Gasteiger partial charge on any atom is 0.257 e. The highest BCUT2D eigenvalue weighted by molar-refractivity contribution is 5.95. The number of aromatic nitrogens is 2. The first-order valence-corrected chi connectivity index (χ1v) is 6.60. The Hall–Kier alpha value is -1.36. The fourth-order valence-corrected chi connectivity index (χ4v) is 2.73. The van der Waals surface area contributed by atoms with Crippen molar-refractivity contribution in [2.75, 3.05) is 13.1 Å². The molecule has 1 aliphatic heterocycles. The van der Waals surface area contributed by atoms with Crippen LogP contribution in [0.2, 0.25) is 0 Å². The van der Waals surface area contributed by atoms with E-state index in [0.29, 0.717) is 12.5 Å². The van der Waals surface area contributed by atoms with Gasteiger partial charge in [0.2, 0.25) is 0 Å². The number of hydrogen-bond donors (Lipinski definition) is 1. The highest BCUT2D eigenvalue weighted by atomic mass is 16.2. The van der Waals surface area contributed by atoms with Crippen LogP contribution in [0.5, 0.6) is 0 Å². The van der Waals surface area contributed by atoms with Gasteiger partial charge in [0.05, 0.1) is 11.3 Å². The van der Waals surface area contributed by atoms with Gasteiger partial charge in [-0.05, 0) is 32.2 Å². The van der Waals surface area contributed by atoms with Gasteiger partial charge in [-0.25, -0.2) is 0 Å². The Morgan fingerprint density at radius 1 is 1.61 bits per heavy atom. The molecule has 18 heavy (non-hydrogen) atoms. The number of likely N-dealkylation sites (tertiary alicyclic amines) is 1. The Labute approximate surface area is 108 Å². The summed E-state index contributed by atoms with van der Waals surface area (Å²) in [6.45, 7) is 5.54. The van der Waals surface area contributed by atoms with E-state index in [1.165, 1.54) is 0 Å². The predicted octanol–water partition coefficient (Wildman–Crippen LogP) is 0.792. The van der Waals surface area contributed by atoms with Crippen molar-refractivity contribution < 1.29 is 4.79 Å². The number of nitrogens with zero attached hydrogens (tertiary/aromatic N) is 3. The zero-order valence-corrected chi connectivity index (χ0v) is 11.4. The minimum atomic E-state index is 0.100. The molecule has 0 spiro atoms. The maximum absolute atomic E-state index is 12.5. The summed E-state index contributed by atoms with van der Waals surface area (Å²) < 4.78 is 1.72. The van der Waals surface area contributed by atoms with Gasteiger partial charge in [0.1, 0.15) is 0 Å². The van der Waals surface area contributed by atoms with Gasteiger partial charge in [-0.2, -0.15) is 5.10 Å². The van der Waals surface area contributed by atoms with E-state index in [1.54, 1.807) is 4.68 Å². The Morgan fingerprint density at radius 3 is 2.89 bits per heavy atom. The number of carbonyl (C=O) groups is 1. The third kappa shape index (κ3) is 2.27. The van der Waals surface area contributed by atoms with Crippen LogP contribution in [-0.4, -0.2) is 39.7 Å². The second kappa shape index (κ2) is 5.10. The van der Waals surface area contributed by atoms with Crippen molar-refractivity contribution in [3.05, 3.63) is 17.5 Å². The van der Waals surface area contributed by atoms with Crippen molar-refractivity contribution in [1.82, 2.24) is 14.7 Å². The normalized spacial score (nSPS) is 23.7. The molecule has 2 N–H and O–H groups in total. The van der Waals surface area contributed by atoms with Gasteiger partial charge in [-0.15, -0.1) is 0 Å². The van der Waals surface area contributed by atoms with Crippen molar-refractivity contribution in [3.8, 4) is 0 Å². The fraction of sp³-hybridized carbons (Fsp3) is 0.692. The van der Waals surface area contributed by atoms with E-state index < -0.39 is 0 Å². The van der Waals surface area contributed by atoms with Crippen LogP contribution in [0.3, 0.4) is 0 Å². The molecule has 0 radical (unpaired) electrons. The van der Waals surface area contributed by atoms with E-state index in [4.69, 9.17) is 5.73 Å². The number of rotatable bonds is 3. The lowest BCUT2D eigenvalue weighted by Crippen LogP contribution is -2.34. The first-order chi connectivity index (χ1) is 8.56. The molecule has 0 aliphatic carbocycles. The smallest absolute Gasteiger partial charge is 0.257 e. The SMILES string of the molecule is CCc1nn(C)cc1C(=O)N1CC(CN)CC1C. The number of amides is 1. The Kier molecular flexibility index (Phi) is 3.71. The molecule has 2 heterocycles. The van der Waals surface area contributed by atoms with E-state index >= 15 is 0 Å². The third-order valence-electron chi connectivity index (χ3n) is 3.73. The Morgan fingerprint density at radius 2 is 2.33 bits per heavy atom. The monoisotopic (exact) mass is 250 g/mol. The van der Waals surface area contributed by atoms with E-state index in [0.717, 1.165) is 30.6 Å². The number of hydrogen-bond acceptors (Lipinski definition) is 3. The lowest BCUT2D eigenvalue weighted by Gasteiger charge is -2.21. The summed E-state index contributed by atoms with van der Waals surface area (Å²) in [5.74, 6) is 0.536. The van der Waals surface area contributed by atoms with Crippen molar-refractivity contribution in [2.24, 2.45) is 18.7 Å². The first kappa shape index (κ1) is 13.1. The Bertz CT molecular complexity index is 440. The van der Waals surface area contributed by atoms with Crippen molar-refractivity contribution >= 4 is 5.91 Å². The molecule has 100 valence electrons. The topological polar surface area (TPSA) is 64.2 Å². The molecule has 1 fully saturated rings. The molecule has 1 saturated heterocycles. The van der Waals surface area contributed by atoms with Crippen LogP contribution in [0.4, 0.5) is 0 Å². The van der Waals surface area contributed by atoms with Crippen molar-refractivity contribution in [3.63, 3.8) is 0 Å². The number of carbonyl (C=O) groups excluding carboxylic acids is 1. The summed E-state index contributed by atoms with van der Waals surface area (Å²) in [6.07, 6.45) is 3.61. The van der Waals surface area contributed by atoms with E-state index in [2.05, 4.69) is 12.0 Å². The van der Waals surface area contributed by atoms with E-state index in [9.17, 15) is 4.79 Å². The first-order valence-electron chi connectivity index (χ1n) is 6.60. The van der Waals surface area contributed by atoms with Crippen LogP contribution in [0.25, 0.3) is 0 Å². The van der Waals surface area contributed by atoms with Gasteiger partial charge < -0.3 is 10.6 Å². The molecular formula is C13H22N4O. The zero-order valence-electron chi connectivity index (χ0n) is 11.4. The molecule has 0 aromatic carbocycles. The van der Waals surface area contributed by atoms with E-state index in [1.807, 2.05) is 25.1 Å². The molecule has 5 nitrogen and oxygen atoms in total. The van der Waals surface area contributed by atoms with Crippen LogP contribution in [0.15, 0.2) is 6.20 Å². The Balaban J connectivity index is 2.21. The van der Waals surface area contributed by atoms with Crippen molar-refractivity contribution in [2.45, 2.75) is 32.7 Å². The quantitative estimate of drug-likeness (QED) is 0.862. The highest BCUT2D eigenvalue weighted by Gasteiger charge is 2.33. The highest BCUT2D eigenvalue weighted by Crippen LogP contribution is 2.24. The second-order valence-electron chi connectivity index (χ2n) is 5.16. The number of aryl methyl sites for hydroxylation is 2. The van der Waals surface area contributed by atoms with E-state index in [-0.39, 0.29) is 11.9 Å². The summed E-state index contributed by atoms with van der Waals surface area (Å²) in [7, 11) is 1.85. The third-order valence-corrected chi connectivity index (χ3v) is 3.73. The zero-order chi connectivity index (χ0) is 13.3. The van der Waals surface area contributed by atoms with Gasteiger partial charge in [-0.1, -0.05) is 6.92 Å². The van der Waals surface area contributed by atoms with Crippen LogP contribution < -0.4 is 5.73 Å². The molecule has 2 rings (SSSR count). The van der Waals surface area contributed by atoms with Gasteiger partial charge >= 0.3 is 0 Å². The lowest BCUT2D eigenvalue weighted by molar-refractivity contribution is 0.0742. The summed E-state index contributed by atoms with van der Waals surface area (Å²) in [5.41, 5.74) is 7.32. The van der Waals surface area contributed by atoms with Gasteiger partial charge in [0.25, 0.3) is 5.91 Å². The molecule has 1 amide bonds. The average Bonchev–Trinajstić information content (AvgIpc) is 2.91.